The molecule has 0 bridgehead atoms. The second kappa shape index (κ2) is 13.6. The van der Waals surface area contributed by atoms with Crippen LogP contribution >= 0.6 is 0 Å². The number of carbonyl (C=O) groups is 2. The number of ether oxygens (including phenoxy) is 3. The van der Waals surface area contributed by atoms with E-state index in [9.17, 15) is 41.0 Å². The van der Waals surface area contributed by atoms with Crippen LogP contribution < -0.4 is 19.5 Å². The van der Waals surface area contributed by atoms with Crippen molar-refractivity contribution in [2.45, 2.75) is 89.2 Å². The molecule has 0 spiro atoms. The van der Waals surface area contributed by atoms with Gasteiger partial charge in [0.15, 0.2) is 11.5 Å². The first-order valence-corrected chi connectivity index (χ1v) is 15.3. The fourth-order valence-corrected chi connectivity index (χ4v) is 5.87. The van der Waals surface area contributed by atoms with E-state index < -0.39 is 41.0 Å². The van der Waals surface area contributed by atoms with Gasteiger partial charge in [-0.3, -0.25) is 9.69 Å². The van der Waals surface area contributed by atoms with E-state index in [1.807, 2.05) is 0 Å². The third-order valence-electron chi connectivity index (χ3n) is 8.28. The highest BCUT2D eigenvalue weighted by Gasteiger charge is 2.71. The lowest BCUT2D eigenvalue weighted by atomic mass is 9.87. The molecular weight excluding hydrogens is 622 g/mol. The number of imide groups is 1. The average molecular weight is 661 g/mol. The minimum absolute atomic E-state index is 0.0281. The zero-order valence-corrected chi connectivity index (χ0v) is 25.9. The van der Waals surface area contributed by atoms with Crippen molar-refractivity contribution in [3.05, 3.63) is 52.6 Å². The number of hydrogen-bond acceptors (Lipinski definition) is 6. The number of rotatable bonds is 13. The number of carbonyl (C=O) groups excluding carboxylic acids is 2. The van der Waals surface area contributed by atoms with Gasteiger partial charge in [0.25, 0.3) is 11.5 Å². The summed E-state index contributed by atoms with van der Waals surface area (Å²) in [5.41, 5.74) is -6.83. The monoisotopic (exact) mass is 660 g/mol. The summed E-state index contributed by atoms with van der Waals surface area (Å²) in [6.45, 7) is 6.07. The SMILES string of the molecule is CCCc1cc(C(O)(C(F)(F)F)C(F)(F)F)cc(CCC)c1OCCCCN1C(=O)NC(CC)(c2ccc3c(c2)OCCO3)C1=O. The van der Waals surface area contributed by atoms with Crippen LogP contribution in [-0.2, 0) is 28.8 Å². The molecule has 0 radical (unpaired) electrons. The number of unbranched alkanes of at least 4 members (excludes halogenated alkanes) is 1. The number of benzene rings is 2. The molecule has 2 N–H and O–H groups in total. The first-order chi connectivity index (χ1) is 21.6. The molecule has 0 aliphatic carbocycles. The van der Waals surface area contributed by atoms with Gasteiger partial charge >= 0.3 is 18.4 Å². The quantitative estimate of drug-likeness (QED) is 0.141. The highest BCUT2D eigenvalue weighted by molar-refractivity contribution is 6.07. The number of aliphatic hydroxyl groups is 1. The summed E-state index contributed by atoms with van der Waals surface area (Å²) in [6.07, 6.45) is -10.0. The Kier molecular flexibility index (Phi) is 10.4. The second-order valence-electron chi connectivity index (χ2n) is 11.4. The van der Waals surface area contributed by atoms with Crippen molar-refractivity contribution in [3.8, 4) is 17.2 Å². The summed E-state index contributed by atoms with van der Waals surface area (Å²) in [7, 11) is 0. The van der Waals surface area contributed by atoms with Gasteiger partial charge < -0.3 is 24.6 Å². The highest BCUT2D eigenvalue weighted by atomic mass is 19.4. The van der Waals surface area contributed by atoms with Gasteiger partial charge in [-0.25, -0.2) is 4.79 Å². The van der Waals surface area contributed by atoms with Gasteiger partial charge in [0.05, 0.1) is 6.61 Å². The van der Waals surface area contributed by atoms with Gasteiger partial charge in [0.1, 0.15) is 24.5 Å². The molecule has 1 atom stereocenters. The molecule has 0 saturated carbocycles. The van der Waals surface area contributed by atoms with Gasteiger partial charge in [0.2, 0.25) is 0 Å². The summed E-state index contributed by atoms with van der Waals surface area (Å²) in [5, 5.41) is 12.9. The molecule has 1 fully saturated rings. The van der Waals surface area contributed by atoms with E-state index in [2.05, 4.69) is 5.32 Å². The molecule has 3 amide bonds. The first kappa shape index (κ1) is 35.2. The number of alkyl halides is 6. The zero-order chi connectivity index (χ0) is 33.9. The van der Waals surface area contributed by atoms with Crippen LogP contribution in [0, 0.1) is 0 Å². The van der Waals surface area contributed by atoms with E-state index in [4.69, 9.17) is 14.2 Å². The highest BCUT2D eigenvalue weighted by Crippen LogP contribution is 2.51. The smallest absolute Gasteiger partial charge is 0.430 e. The summed E-state index contributed by atoms with van der Waals surface area (Å²) in [6, 6.07) is 5.97. The van der Waals surface area contributed by atoms with Gasteiger partial charge in [0, 0.05) is 12.1 Å². The second-order valence-corrected chi connectivity index (χ2v) is 11.4. The van der Waals surface area contributed by atoms with E-state index in [0.717, 1.165) is 4.90 Å². The van der Waals surface area contributed by atoms with Crippen LogP contribution in [-0.4, -0.2) is 60.7 Å². The number of fused-ring (bicyclic) bond motifs is 1. The van der Waals surface area contributed by atoms with Crippen LogP contribution in [0.25, 0.3) is 0 Å². The van der Waals surface area contributed by atoms with Crippen molar-refractivity contribution in [2.75, 3.05) is 26.4 Å². The lowest BCUT2D eigenvalue weighted by molar-refractivity contribution is -0.376. The predicted octanol–water partition coefficient (Wildman–Crippen LogP) is 6.69. The number of amides is 3. The Morgan fingerprint density at radius 3 is 2.02 bits per heavy atom. The summed E-state index contributed by atoms with van der Waals surface area (Å²) < 4.78 is 99.1. The Morgan fingerprint density at radius 2 is 1.48 bits per heavy atom. The molecule has 8 nitrogen and oxygen atoms in total. The number of nitrogens with zero attached hydrogens (tertiary/aromatic N) is 1. The molecule has 4 rings (SSSR count). The molecule has 1 unspecified atom stereocenters. The van der Waals surface area contributed by atoms with Crippen molar-refractivity contribution in [1.29, 1.82) is 0 Å². The Balaban J connectivity index is 1.47. The Morgan fingerprint density at radius 1 is 0.891 bits per heavy atom. The third kappa shape index (κ3) is 6.45. The van der Waals surface area contributed by atoms with Gasteiger partial charge in [-0.2, -0.15) is 26.3 Å². The standard InChI is InChI=1S/C32H38F6N2O6/c1-4-9-20-17-23(30(43,31(33,34)35)32(36,37)38)18-21(10-5-2)26(20)46-14-8-7-13-40-27(41)29(6-3,39-28(40)42)22-11-12-24-25(19-22)45-16-15-44-24/h11-12,17-19,43H,4-10,13-16H2,1-3H3,(H,39,42). The minimum atomic E-state index is -6.00. The van der Waals surface area contributed by atoms with Gasteiger partial charge in [-0.15, -0.1) is 0 Å². The number of halogens is 6. The van der Waals surface area contributed by atoms with Crippen LogP contribution in [0.4, 0.5) is 31.1 Å². The fourth-order valence-electron chi connectivity index (χ4n) is 5.87. The van der Waals surface area contributed by atoms with Crippen molar-refractivity contribution >= 4 is 11.9 Å². The summed E-state index contributed by atoms with van der Waals surface area (Å²) in [5.74, 6) is 0.780. The lowest BCUT2D eigenvalue weighted by Gasteiger charge is -2.33. The molecule has 1 saturated heterocycles. The van der Waals surface area contributed by atoms with Crippen LogP contribution in [0.5, 0.6) is 17.2 Å². The topological polar surface area (TPSA) is 97.3 Å². The number of nitrogens with one attached hydrogen (secondary N) is 1. The Labute approximate surface area is 263 Å². The molecule has 254 valence electrons. The minimum Gasteiger partial charge on any atom is -0.493 e. The van der Waals surface area contributed by atoms with Crippen LogP contribution in [0.15, 0.2) is 30.3 Å². The number of urea groups is 1. The van der Waals surface area contributed by atoms with Crippen molar-refractivity contribution in [1.82, 2.24) is 10.2 Å². The first-order valence-electron chi connectivity index (χ1n) is 15.3. The van der Waals surface area contributed by atoms with E-state index >= 15 is 0 Å². The fraction of sp³-hybridized carbons (Fsp3) is 0.562. The summed E-state index contributed by atoms with van der Waals surface area (Å²) >= 11 is 0. The number of aryl methyl sites for hydroxylation is 2. The number of hydrogen-bond donors (Lipinski definition) is 2. The Bertz CT molecular complexity index is 1390. The zero-order valence-electron chi connectivity index (χ0n) is 25.9. The normalized spacial score (nSPS) is 18.6. The van der Waals surface area contributed by atoms with Gasteiger partial charge in [-0.05, 0) is 73.1 Å². The maximum absolute atomic E-state index is 13.7. The average Bonchev–Trinajstić information content (AvgIpc) is 3.25. The molecule has 2 heterocycles. The van der Waals surface area contributed by atoms with Crippen molar-refractivity contribution in [2.24, 2.45) is 0 Å². The maximum atomic E-state index is 13.7. The maximum Gasteiger partial charge on any atom is 0.430 e. The Hall–Kier alpha value is -3.68. The molecular formula is C32H38F6N2O6. The van der Waals surface area contributed by atoms with E-state index in [1.54, 1.807) is 39.0 Å². The molecule has 2 aromatic rings. The molecule has 2 aliphatic rings. The molecule has 46 heavy (non-hydrogen) atoms. The van der Waals surface area contributed by atoms with Crippen LogP contribution in [0.1, 0.15) is 75.1 Å². The third-order valence-corrected chi connectivity index (χ3v) is 8.28. The van der Waals surface area contributed by atoms with Crippen molar-refractivity contribution in [3.63, 3.8) is 0 Å². The van der Waals surface area contributed by atoms with E-state index in [-0.39, 0.29) is 49.3 Å². The predicted molar refractivity (Wildman–Crippen MR) is 155 cm³/mol. The van der Waals surface area contributed by atoms with E-state index in [1.165, 1.54) is 0 Å². The molecule has 2 aliphatic heterocycles. The largest absolute Gasteiger partial charge is 0.493 e. The molecule has 2 aromatic carbocycles. The van der Waals surface area contributed by atoms with Crippen molar-refractivity contribution < 1.29 is 55.2 Å². The van der Waals surface area contributed by atoms with Crippen LogP contribution in [0.3, 0.4) is 0 Å². The van der Waals surface area contributed by atoms with Gasteiger partial charge in [-0.1, -0.05) is 39.7 Å². The lowest BCUT2D eigenvalue weighted by Crippen LogP contribution is -2.54. The van der Waals surface area contributed by atoms with E-state index in [0.29, 0.717) is 68.1 Å². The summed E-state index contributed by atoms with van der Waals surface area (Å²) in [4.78, 5) is 27.6. The molecule has 14 heteroatoms. The van der Waals surface area contributed by atoms with Crippen LogP contribution in [0.2, 0.25) is 0 Å². The molecule has 0 aromatic heterocycles.